The summed E-state index contributed by atoms with van der Waals surface area (Å²) in [5, 5.41) is 1.19. The molecule has 0 saturated heterocycles. The van der Waals surface area contributed by atoms with Gasteiger partial charge in [0.05, 0.1) is 38.1 Å². The standard InChI is InChI=1S/C22H23ClN4O3/c1-3-8-27(10-14-5-7-19(29-2)20(23)25-14)22(28)13-4-6-18-15(9-13)16-11-30-12-17(16)21(24)26-18/h4-7,9H,3,8,10-12H2,1-2H3,(H2,24,26). The number of aromatic nitrogens is 2. The largest absolute Gasteiger partial charge is 0.494 e. The van der Waals surface area contributed by atoms with Crippen molar-refractivity contribution in [2.24, 2.45) is 0 Å². The van der Waals surface area contributed by atoms with Gasteiger partial charge in [-0.2, -0.15) is 0 Å². The predicted octanol–water partition coefficient (Wildman–Crippen LogP) is 3.96. The maximum absolute atomic E-state index is 13.3. The number of amides is 1. The van der Waals surface area contributed by atoms with Crippen molar-refractivity contribution >= 4 is 34.2 Å². The van der Waals surface area contributed by atoms with Gasteiger partial charge in [-0.1, -0.05) is 18.5 Å². The molecule has 1 aliphatic rings. The Labute approximate surface area is 179 Å². The Morgan fingerprint density at radius 3 is 2.77 bits per heavy atom. The van der Waals surface area contributed by atoms with Gasteiger partial charge in [-0.3, -0.25) is 4.79 Å². The van der Waals surface area contributed by atoms with Crippen molar-refractivity contribution in [3.63, 3.8) is 0 Å². The molecule has 30 heavy (non-hydrogen) atoms. The van der Waals surface area contributed by atoms with Gasteiger partial charge in [0, 0.05) is 23.1 Å². The molecule has 0 aliphatic carbocycles. The van der Waals surface area contributed by atoms with Crippen molar-refractivity contribution in [1.29, 1.82) is 0 Å². The van der Waals surface area contributed by atoms with E-state index in [0.717, 1.165) is 28.5 Å². The summed E-state index contributed by atoms with van der Waals surface area (Å²) in [5.74, 6) is 0.923. The molecule has 0 spiro atoms. The Morgan fingerprint density at radius 2 is 2.03 bits per heavy atom. The van der Waals surface area contributed by atoms with Crippen LogP contribution in [0.15, 0.2) is 30.3 Å². The lowest BCUT2D eigenvalue weighted by Crippen LogP contribution is -2.31. The Bertz CT molecular complexity index is 1120. The molecule has 0 bridgehead atoms. The number of nitrogen functional groups attached to an aromatic ring is 1. The predicted molar refractivity (Wildman–Crippen MR) is 115 cm³/mol. The van der Waals surface area contributed by atoms with Crippen molar-refractivity contribution in [1.82, 2.24) is 14.9 Å². The number of methoxy groups -OCH3 is 1. The number of nitrogens with two attached hydrogens (primary N) is 1. The lowest BCUT2D eigenvalue weighted by Gasteiger charge is -2.22. The molecule has 0 fully saturated rings. The van der Waals surface area contributed by atoms with Gasteiger partial charge in [0.15, 0.2) is 10.9 Å². The molecule has 8 heteroatoms. The maximum Gasteiger partial charge on any atom is 0.254 e. The third-order valence-corrected chi connectivity index (χ3v) is 5.47. The van der Waals surface area contributed by atoms with E-state index in [2.05, 4.69) is 9.97 Å². The van der Waals surface area contributed by atoms with Crippen LogP contribution in [0, 0.1) is 0 Å². The first-order valence-electron chi connectivity index (χ1n) is 9.79. The molecule has 1 aliphatic heterocycles. The molecule has 3 aromatic rings. The summed E-state index contributed by atoms with van der Waals surface area (Å²) in [6.45, 7) is 3.92. The molecular formula is C22H23ClN4O3. The maximum atomic E-state index is 13.3. The highest BCUT2D eigenvalue weighted by molar-refractivity contribution is 6.30. The molecule has 4 rings (SSSR count). The quantitative estimate of drug-likeness (QED) is 0.600. The van der Waals surface area contributed by atoms with E-state index in [1.165, 1.54) is 0 Å². The van der Waals surface area contributed by atoms with E-state index in [0.29, 0.717) is 49.1 Å². The van der Waals surface area contributed by atoms with Gasteiger partial charge in [-0.15, -0.1) is 0 Å². The third kappa shape index (κ3) is 3.78. The van der Waals surface area contributed by atoms with Crippen LogP contribution in [0.2, 0.25) is 5.15 Å². The topological polar surface area (TPSA) is 90.6 Å². The van der Waals surface area contributed by atoms with Crippen LogP contribution in [0.5, 0.6) is 5.75 Å². The number of fused-ring (bicyclic) bond motifs is 3. The van der Waals surface area contributed by atoms with Gasteiger partial charge in [0.2, 0.25) is 0 Å². The molecule has 1 amide bonds. The molecular weight excluding hydrogens is 404 g/mol. The van der Waals surface area contributed by atoms with Gasteiger partial charge >= 0.3 is 0 Å². The first-order valence-corrected chi connectivity index (χ1v) is 10.2. The Morgan fingerprint density at radius 1 is 1.23 bits per heavy atom. The molecule has 1 aromatic carbocycles. The van der Waals surface area contributed by atoms with Crippen LogP contribution >= 0.6 is 11.6 Å². The first-order chi connectivity index (χ1) is 14.5. The highest BCUT2D eigenvalue weighted by Crippen LogP contribution is 2.32. The lowest BCUT2D eigenvalue weighted by molar-refractivity contribution is 0.0741. The van der Waals surface area contributed by atoms with Crippen molar-refractivity contribution in [3.8, 4) is 5.75 Å². The molecule has 0 unspecified atom stereocenters. The smallest absolute Gasteiger partial charge is 0.254 e. The summed E-state index contributed by atoms with van der Waals surface area (Å²) in [6, 6.07) is 9.09. The third-order valence-electron chi connectivity index (χ3n) is 5.20. The van der Waals surface area contributed by atoms with Crippen LogP contribution in [0.3, 0.4) is 0 Å². The van der Waals surface area contributed by atoms with E-state index >= 15 is 0 Å². The van der Waals surface area contributed by atoms with Gasteiger partial charge in [0.25, 0.3) is 5.91 Å². The molecule has 2 aromatic heterocycles. The van der Waals surface area contributed by atoms with Crippen molar-refractivity contribution < 1.29 is 14.3 Å². The molecule has 2 N–H and O–H groups in total. The summed E-state index contributed by atoms with van der Waals surface area (Å²) in [6.07, 6.45) is 0.824. The number of carbonyl (C=O) groups excluding carboxylic acids is 1. The Balaban J connectivity index is 1.66. The molecule has 7 nitrogen and oxygen atoms in total. The molecule has 0 saturated carbocycles. The summed E-state index contributed by atoms with van der Waals surface area (Å²) in [5.41, 5.74) is 10.0. The zero-order valence-corrected chi connectivity index (χ0v) is 17.7. The lowest BCUT2D eigenvalue weighted by atomic mass is 10.0. The highest BCUT2D eigenvalue weighted by atomic mass is 35.5. The number of benzene rings is 1. The number of ether oxygens (including phenoxy) is 2. The molecule has 0 radical (unpaired) electrons. The van der Waals surface area contributed by atoms with E-state index in [9.17, 15) is 4.79 Å². The Hall–Kier alpha value is -2.90. The SMILES string of the molecule is CCCN(Cc1ccc(OC)c(Cl)n1)C(=O)c1ccc2nc(N)c3c(c2c1)COC3. The molecule has 0 atom stereocenters. The average Bonchev–Trinajstić information content (AvgIpc) is 3.24. The fourth-order valence-corrected chi connectivity index (χ4v) is 3.95. The van der Waals surface area contributed by atoms with Crippen molar-refractivity contribution in [2.45, 2.75) is 33.1 Å². The van der Waals surface area contributed by atoms with Gasteiger partial charge < -0.3 is 20.1 Å². The van der Waals surface area contributed by atoms with Crippen LogP contribution < -0.4 is 10.5 Å². The molecule has 3 heterocycles. The minimum atomic E-state index is -0.0722. The molecule has 156 valence electrons. The fraction of sp³-hybridized carbons (Fsp3) is 0.318. The average molecular weight is 427 g/mol. The summed E-state index contributed by atoms with van der Waals surface area (Å²) < 4.78 is 10.7. The number of halogens is 1. The van der Waals surface area contributed by atoms with E-state index in [1.807, 2.05) is 25.1 Å². The number of carbonyl (C=O) groups is 1. The second kappa shape index (κ2) is 8.45. The minimum Gasteiger partial charge on any atom is -0.494 e. The number of nitrogens with zero attached hydrogens (tertiary/aromatic N) is 3. The zero-order chi connectivity index (χ0) is 21.3. The van der Waals surface area contributed by atoms with Crippen LogP contribution in [-0.2, 0) is 24.5 Å². The van der Waals surface area contributed by atoms with E-state index in [-0.39, 0.29) is 11.1 Å². The number of hydrogen-bond acceptors (Lipinski definition) is 6. The van der Waals surface area contributed by atoms with Crippen LogP contribution in [0.1, 0.15) is 40.5 Å². The fourth-order valence-electron chi connectivity index (χ4n) is 3.70. The van der Waals surface area contributed by atoms with Crippen LogP contribution in [-0.4, -0.2) is 34.4 Å². The minimum absolute atomic E-state index is 0.0722. The van der Waals surface area contributed by atoms with Gasteiger partial charge in [-0.25, -0.2) is 9.97 Å². The summed E-state index contributed by atoms with van der Waals surface area (Å²) in [7, 11) is 1.54. The first kappa shape index (κ1) is 20.4. The normalized spacial score (nSPS) is 12.8. The van der Waals surface area contributed by atoms with Crippen molar-refractivity contribution in [3.05, 3.63) is 57.9 Å². The van der Waals surface area contributed by atoms with E-state index in [4.69, 9.17) is 26.8 Å². The second-order valence-electron chi connectivity index (χ2n) is 7.20. The number of hydrogen-bond donors (Lipinski definition) is 1. The Kier molecular flexibility index (Phi) is 5.74. The van der Waals surface area contributed by atoms with Gasteiger partial charge in [0.1, 0.15) is 5.82 Å². The van der Waals surface area contributed by atoms with Crippen molar-refractivity contribution in [2.75, 3.05) is 19.4 Å². The second-order valence-corrected chi connectivity index (χ2v) is 7.56. The highest BCUT2D eigenvalue weighted by Gasteiger charge is 2.22. The van der Waals surface area contributed by atoms with Crippen LogP contribution in [0.4, 0.5) is 5.82 Å². The monoisotopic (exact) mass is 426 g/mol. The summed E-state index contributed by atoms with van der Waals surface area (Å²) in [4.78, 5) is 23.9. The van der Waals surface area contributed by atoms with Crippen LogP contribution in [0.25, 0.3) is 10.9 Å². The zero-order valence-electron chi connectivity index (χ0n) is 16.9. The number of pyridine rings is 2. The van der Waals surface area contributed by atoms with Gasteiger partial charge in [-0.05, 0) is 42.3 Å². The van der Waals surface area contributed by atoms with E-state index < -0.39 is 0 Å². The summed E-state index contributed by atoms with van der Waals surface area (Å²) >= 11 is 6.15. The van der Waals surface area contributed by atoms with E-state index in [1.54, 1.807) is 24.1 Å². The number of anilines is 1. The number of rotatable bonds is 6.